The predicted molar refractivity (Wildman–Crippen MR) is 87.9 cm³/mol. The molecule has 22 heavy (non-hydrogen) atoms. The fourth-order valence-electron chi connectivity index (χ4n) is 2.49. The SMILES string of the molecule is Cc1ccc(NS(=O)(=O)c2cccs2)cc1N1CCCC1=O. The summed E-state index contributed by atoms with van der Waals surface area (Å²) in [5.74, 6) is 0.0846. The van der Waals surface area contributed by atoms with Crippen molar-refractivity contribution < 1.29 is 13.2 Å². The van der Waals surface area contributed by atoms with E-state index in [9.17, 15) is 13.2 Å². The van der Waals surface area contributed by atoms with Crippen LogP contribution in [0, 0.1) is 6.92 Å². The average Bonchev–Trinajstić information content (AvgIpc) is 3.12. The van der Waals surface area contributed by atoms with Gasteiger partial charge in [0.25, 0.3) is 10.0 Å². The van der Waals surface area contributed by atoms with Crippen molar-refractivity contribution in [2.24, 2.45) is 0 Å². The summed E-state index contributed by atoms with van der Waals surface area (Å²) in [6.07, 6.45) is 1.38. The molecule has 3 rings (SSSR count). The number of nitrogens with zero attached hydrogens (tertiary/aromatic N) is 1. The van der Waals surface area contributed by atoms with Gasteiger partial charge in [0, 0.05) is 18.7 Å². The van der Waals surface area contributed by atoms with Crippen molar-refractivity contribution in [3.63, 3.8) is 0 Å². The zero-order valence-corrected chi connectivity index (χ0v) is 13.7. The molecule has 1 aliphatic heterocycles. The summed E-state index contributed by atoms with van der Waals surface area (Å²) < 4.78 is 27.4. The Morgan fingerprint density at radius 3 is 2.73 bits per heavy atom. The third-order valence-corrected chi connectivity index (χ3v) is 6.36. The van der Waals surface area contributed by atoms with E-state index in [1.807, 2.05) is 13.0 Å². The van der Waals surface area contributed by atoms with Gasteiger partial charge in [-0.2, -0.15) is 0 Å². The van der Waals surface area contributed by atoms with E-state index in [1.165, 1.54) is 11.3 Å². The highest BCUT2D eigenvalue weighted by molar-refractivity contribution is 7.94. The summed E-state index contributed by atoms with van der Waals surface area (Å²) in [6.45, 7) is 2.60. The highest BCUT2D eigenvalue weighted by Gasteiger charge is 2.24. The van der Waals surface area contributed by atoms with Crippen molar-refractivity contribution >= 4 is 38.6 Å². The minimum atomic E-state index is -3.57. The number of amides is 1. The predicted octanol–water partition coefficient (Wildman–Crippen LogP) is 2.98. The standard InChI is InChI=1S/C15H16N2O3S2/c1-11-6-7-12(10-13(11)17-8-2-4-14(17)18)16-22(19,20)15-5-3-9-21-15/h3,5-7,9-10,16H,2,4,8H2,1H3. The second-order valence-corrected chi connectivity index (χ2v) is 8.04. The van der Waals surface area contributed by atoms with Gasteiger partial charge in [-0.3, -0.25) is 9.52 Å². The molecule has 1 amide bonds. The molecule has 0 spiro atoms. The molecule has 116 valence electrons. The molecular weight excluding hydrogens is 320 g/mol. The average molecular weight is 336 g/mol. The number of carbonyl (C=O) groups is 1. The zero-order chi connectivity index (χ0) is 15.7. The maximum atomic E-state index is 12.3. The van der Waals surface area contributed by atoms with Gasteiger partial charge in [0.1, 0.15) is 4.21 Å². The van der Waals surface area contributed by atoms with Gasteiger partial charge < -0.3 is 4.90 Å². The maximum Gasteiger partial charge on any atom is 0.271 e. The summed E-state index contributed by atoms with van der Waals surface area (Å²) in [7, 11) is -3.57. The third kappa shape index (κ3) is 2.86. The maximum absolute atomic E-state index is 12.3. The first kappa shape index (κ1) is 15.1. The van der Waals surface area contributed by atoms with E-state index in [0.29, 0.717) is 18.7 Å². The third-order valence-electron chi connectivity index (χ3n) is 3.59. The fourth-order valence-corrected chi connectivity index (χ4v) is 4.53. The molecule has 1 aliphatic rings. The summed E-state index contributed by atoms with van der Waals surface area (Å²) >= 11 is 1.17. The fraction of sp³-hybridized carbons (Fsp3) is 0.267. The number of hydrogen-bond donors (Lipinski definition) is 1. The number of sulfonamides is 1. The molecule has 2 heterocycles. The second kappa shape index (κ2) is 5.73. The summed E-state index contributed by atoms with van der Waals surface area (Å²) in [5, 5.41) is 1.72. The minimum Gasteiger partial charge on any atom is -0.312 e. The Hall–Kier alpha value is -1.86. The van der Waals surface area contributed by atoms with Crippen LogP contribution in [0.3, 0.4) is 0 Å². The number of thiophene rings is 1. The highest BCUT2D eigenvalue weighted by atomic mass is 32.2. The molecule has 1 aromatic carbocycles. The van der Waals surface area contributed by atoms with E-state index in [1.54, 1.807) is 34.5 Å². The summed E-state index contributed by atoms with van der Waals surface area (Å²) in [5.41, 5.74) is 2.19. The van der Waals surface area contributed by atoms with Crippen LogP contribution in [0.5, 0.6) is 0 Å². The van der Waals surface area contributed by atoms with Crippen LogP contribution in [-0.2, 0) is 14.8 Å². The Kier molecular flexibility index (Phi) is 3.92. The topological polar surface area (TPSA) is 66.5 Å². The van der Waals surface area contributed by atoms with Crippen molar-refractivity contribution in [1.29, 1.82) is 0 Å². The lowest BCUT2D eigenvalue weighted by molar-refractivity contribution is -0.117. The van der Waals surface area contributed by atoms with Gasteiger partial charge in [-0.1, -0.05) is 12.1 Å². The van der Waals surface area contributed by atoms with Crippen molar-refractivity contribution in [3.8, 4) is 0 Å². The first-order valence-corrected chi connectivity index (χ1v) is 9.31. The highest BCUT2D eigenvalue weighted by Crippen LogP contribution is 2.29. The van der Waals surface area contributed by atoms with Crippen molar-refractivity contribution in [3.05, 3.63) is 41.3 Å². The lowest BCUT2D eigenvalue weighted by Crippen LogP contribution is -2.24. The Labute approximate surface area is 133 Å². The van der Waals surface area contributed by atoms with E-state index in [-0.39, 0.29) is 10.1 Å². The van der Waals surface area contributed by atoms with E-state index >= 15 is 0 Å². The van der Waals surface area contributed by atoms with Crippen LogP contribution in [0.4, 0.5) is 11.4 Å². The minimum absolute atomic E-state index is 0.0846. The molecular formula is C15H16N2O3S2. The number of benzene rings is 1. The Balaban J connectivity index is 1.91. The zero-order valence-electron chi connectivity index (χ0n) is 12.1. The molecule has 0 bridgehead atoms. The molecule has 0 saturated carbocycles. The van der Waals surface area contributed by atoms with Gasteiger partial charge in [-0.25, -0.2) is 8.42 Å². The van der Waals surface area contributed by atoms with Crippen molar-refractivity contribution in [1.82, 2.24) is 0 Å². The van der Waals surface area contributed by atoms with Crippen LogP contribution in [0.15, 0.2) is 39.9 Å². The van der Waals surface area contributed by atoms with Crippen LogP contribution < -0.4 is 9.62 Å². The Morgan fingerprint density at radius 2 is 2.09 bits per heavy atom. The van der Waals surface area contributed by atoms with Crippen LogP contribution in [0.25, 0.3) is 0 Å². The van der Waals surface area contributed by atoms with E-state index in [0.717, 1.165) is 17.7 Å². The molecule has 1 aromatic heterocycles. The lowest BCUT2D eigenvalue weighted by Gasteiger charge is -2.19. The molecule has 1 saturated heterocycles. The Morgan fingerprint density at radius 1 is 1.27 bits per heavy atom. The number of anilines is 2. The number of nitrogens with one attached hydrogen (secondary N) is 1. The lowest BCUT2D eigenvalue weighted by atomic mass is 10.1. The van der Waals surface area contributed by atoms with Gasteiger partial charge in [0.05, 0.1) is 5.69 Å². The number of hydrogen-bond acceptors (Lipinski definition) is 4. The normalized spacial score (nSPS) is 15.3. The van der Waals surface area contributed by atoms with Gasteiger partial charge in [-0.15, -0.1) is 11.3 Å². The molecule has 0 aliphatic carbocycles. The van der Waals surface area contributed by atoms with Crippen LogP contribution >= 0.6 is 11.3 Å². The van der Waals surface area contributed by atoms with Crippen molar-refractivity contribution in [2.75, 3.05) is 16.2 Å². The van der Waals surface area contributed by atoms with Gasteiger partial charge >= 0.3 is 0 Å². The smallest absolute Gasteiger partial charge is 0.271 e. The van der Waals surface area contributed by atoms with E-state index in [4.69, 9.17) is 0 Å². The molecule has 1 fully saturated rings. The quantitative estimate of drug-likeness (QED) is 0.933. The Bertz CT molecular complexity index is 798. The van der Waals surface area contributed by atoms with Gasteiger partial charge in [-0.05, 0) is 42.5 Å². The van der Waals surface area contributed by atoms with Crippen LogP contribution in [0.1, 0.15) is 18.4 Å². The first-order valence-electron chi connectivity index (χ1n) is 6.95. The second-order valence-electron chi connectivity index (χ2n) is 5.19. The number of aryl methyl sites for hydroxylation is 1. The molecule has 0 unspecified atom stereocenters. The summed E-state index contributed by atoms with van der Waals surface area (Å²) in [6, 6.07) is 8.52. The van der Waals surface area contributed by atoms with Crippen molar-refractivity contribution in [2.45, 2.75) is 24.0 Å². The largest absolute Gasteiger partial charge is 0.312 e. The van der Waals surface area contributed by atoms with Crippen LogP contribution in [0.2, 0.25) is 0 Å². The number of rotatable bonds is 4. The van der Waals surface area contributed by atoms with Gasteiger partial charge in [0.2, 0.25) is 5.91 Å². The monoisotopic (exact) mass is 336 g/mol. The molecule has 5 nitrogen and oxygen atoms in total. The van der Waals surface area contributed by atoms with Crippen LogP contribution in [-0.4, -0.2) is 20.9 Å². The molecule has 0 atom stereocenters. The molecule has 1 N–H and O–H groups in total. The molecule has 2 aromatic rings. The van der Waals surface area contributed by atoms with E-state index in [2.05, 4.69) is 4.72 Å². The van der Waals surface area contributed by atoms with E-state index < -0.39 is 10.0 Å². The number of carbonyl (C=O) groups excluding carboxylic acids is 1. The van der Waals surface area contributed by atoms with Gasteiger partial charge in [0.15, 0.2) is 0 Å². The summed E-state index contributed by atoms with van der Waals surface area (Å²) in [4.78, 5) is 13.6. The molecule has 7 heteroatoms. The first-order chi connectivity index (χ1) is 10.5. The molecule has 0 radical (unpaired) electrons.